The lowest BCUT2D eigenvalue weighted by Gasteiger charge is -2.30. The summed E-state index contributed by atoms with van der Waals surface area (Å²) in [6.07, 6.45) is 0. The third-order valence-corrected chi connectivity index (χ3v) is 5.36. The summed E-state index contributed by atoms with van der Waals surface area (Å²) in [6.45, 7) is 22.0. The molecule has 0 aliphatic carbocycles. The van der Waals surface area contributed by atoms with Gasteiger partial charge in [0.1, 0.15) is 0 Å². The molecule has 0 rings (SSSR count). The van der Waals surface area contributed by atoms with Gasteiger partial charge in [0.05, 0.1) is 0 Å². The molecule has 0 amide bonds. The number of nitrogens with one attached hydrogen (secondary N) is 3. The van der Waals surface area contributed by atoms with E-state index in [4.69, 9.17) is 22.9 Å². The molecule has 0 fully saturated rings. The number of nitrogens with two attached hydrogens (primary N) is 4. The van der Waals surface area contributed by atoms with Crippen LogP contribution in [0, 0.1) is 5.92 Å². The van der Waals surface area contributed by atoms with E-state index in [2.05, 4.69) is 44.5 Å². The number of hydrogen-bond acceptors (Lipinski definition) is 10. The molecule has 10 nitrogen and oxygen atoms in total. The maximum Gasteiger partial charge on any atom is 0.0110 e. The molecule has 0 bridgehead atoms. The van der Waals surface area contributed by atoms with Crippen LogP contribution in [-0.4, -0.2) is 139 Å². The Kier molecular flexibility index (Phi) is 23.5. The zero-order chi connectivity index (χ0) is 23.9. The highest BCUT2D eigenvalue weighted by Crippen LogP contribution is 1.96. The van der Waals surface area contributed by atoms with Gasteiger partial charge in [-0.05, 0) is 12.5 Å². The van der Waals surface area contributed by atoms with E-state index in [-0.39, 0.29) is 0 Å². The Morgan fingerprint density at radius 3 is 1.31 bits per heavy atom. The quantitative estimate of drug-likeness (QED) is 0.0710. The van der Waals surface area contributed by atoms with Crippen molar-refractivity contribution in [1.29, 1.82) is 0 Å². The first-order valence-corrected chi connectivity index (χ1v) is 12.7. The number of rotatable bonds is 25. The molecule has 0 saturated heterocycles. The minimum Gasteiger partial charge on any atom is -0.329 e. The van der Waals surface area contributed by atoms with Crippen molar-refractivity contribution in [1.82, 2.24) is 30.7 Å². The Balaban J connectivity index is 4.47. The zero-order valence-corrected chi connectivity index (χ0v) is 21.2. The molecule has 0 heterocycles. The van der Waals surface area contributed by atoms with Crippen LogP contribution in [0.1, 0.15) is 13.8 Å². The van der Waals surface area contributed by atoms with Crippen molar-refractivity contribution in [2.75, 3.05) is 124 Å². The Hall–Kier alpha value is -0.400. The van der Waals surface area contributed by atoms with Crippen LogP contribution < -0.4 is 38.9 Å². The highest BCUT2D eigenvalue weighted by molar-refractivity contribution is 4.70. The van der Waals surface area contributed by atoms with Crippen LogP contribution in [0.5, 0.6) is 0 Å². The molecule has 0 aliphatic rings. The smallest absolute Gasteiger partial charge is 0.0110 e. The van der Waals surface area contributed by atoms with Crippen molar-refractivity contribution in [2.45, 2.75) is 13.8 Å². The minimum atomic E-state index is 0.672. The molecule has 0 aromatic rings. The monoisotopic (exact) mass is 460 g/mol. The molecule has 11 N–H and O–H groups in total. The summed E-state index contributed by atoms with van der Waals surface area (Å²) < 4.78 is 0. The summed E-state index contributed by atoms with van der Waals surface area (Å²) in [5.74, 6) is 0.672. The van der Waals surface area contributed by atoms with E-state index < -0.39 is 0 Å². The summed E-state index contributed by atoms with van der Waals surface area (Å²) in [5.41, 5.74) is 22.9. The fraction of sp³-hybridized carbons (Fsp3) is 1.00. The standard InChI is InChI=1S/C22H56N10/c1-22(2)21-29-11-16-32(19-17-30(12-4-24)13-5-25)20-18-31(14-6-26)15-10-28-9-8-27-7-3-23/h22,27-29H,3-21,23-26H2,1-2H3. The fourth-order valence-electron chi connectivity index (χ4n) is 3.51. The molecule has 0 radical (unpaired) electrons. The molecule has 32 heavy (non-hydrogen) atoms. The largest absolute Gasteiger partial charge is 0.329 e. The summed E-state index contributed by atoms with van der Waals surface area (Å²) in [4.78, 5) is 7.39. The Labute approximate surface area is 198 Å². The van der Waals surface area contributed by atoms with Crippen molar-refractivity contribution in [3.05, 3.63) is 0 Å². The molecular weight excluding hydrogens is 404 g/mol. The summed E-state index contributed by atoms with van der Waals surface area (Å²) in [6, 6.07) is 0. The third kappa shape index (κ3) is 20.2. The predicted molar refractivity (Wildman–Crippen MR) is 139 cm³/mol. The minimum absolute atomic E-state index is 0.672. The van der Waals surface area contributed by atoms with E-state index in [0.717, 1.165) is 98.2 Å². The van der Waals surface area contributed by atoms with Gasteiger partial charge in [0, 0.05) is 118 Å². The van der Waals surface area contributed by atoms with Crippen molar-refractivity contribution in [2.24, 2.45) is 28.9 Å². The molecule has 0 aliphatic heterocycles. The van der Waals surface area contributed by atoms with Gasteiger partial charge in [-0.3, -0.25) is 14.7 Å². The Morgan fingerprint density at radius 1 is 0.469 bits per heavy atom. The lowest BCUT2D eigenvalue weighted by Crippen LogP contribution is -2.46. The second-order valence-electron chi connectivity index (χ2n) is 8.78. The summed E-state index contributed by atoms with van der Waals surface area (Å²) in [7, 11) is 0. The van der Waals surface area contributed by atoms with Crippen molar-refractivity contribution in [3.8, 4) is 0 Å². The first-order valence-electron chi connectivity index (χ1n) is 12.7. The molecule has 0 unspecified atom stereocenters. The van der Waals surface area contributed by atoms with Crippen molar-refractivity contribution < 1.29 is 0 Å². The summed E-state index contributed by atoms with van der Waals surface area (Å²) in [5, 5.41) is 10.4. The van der Waals surface area contributed by atoms with Crippen LogP contribution in [0.2, 0.25) is 0 Å². The lowest BCUT2D eigenvalue weighted by molar-refractivity contribution is 0.179. The van der Waals surface area contributed by atoms with Crippen molar-refractivity contribution in [3.63, 3.8) is 0 Å². The van der Waals surface area contributed by atoms with E-state index in [1.807, 2.05) is 0 Å². The van der Waals surface area contributed by atoms with Gasteiger partial charge in [-0.15, -0.1) is 0 Å². The highest BCUT2D eigenvalue weighted by Gasteiger charge is 2.11. The molecule has 10 heteroatoms. The normalized spacial score (nSPS) is 12.2. The first kappa shape index (κ1) is 31.6. The third-order valence-electron chi connectivity index (χ3n) is 5.36. The molecule has 0 saturated carbocycles. The van der Waals surface area contributed by atoms with Crippen LogP contribution in [-0.2, 0) is 0 Å². The maximum atomic E-state index is 5.87. The van der Waals surface area contributed by atoms with Gasteiger partial charge in [-0.25, -0.2) is 0 Å². The molecule has 0 aromatic carbocycles. The van der Waals surface area contributed by atoms with Crippen LogP contribution in [0.25, 0.3) is 0 Å². The molecule has 194 valence electrons. The lowest BCUT2D eigenvalue weighted by atomic mass is 10.2. The average Bonchev–Trinajstić information content (AvgIpc) is 2.77. The fourth-order valence-corrected chi connectivity index (χ4v) is 3.51. The van der Waals surface area contributed by atoms with E-state index in [9.17, 15) is 0 Å². The van der Waals surface area contributed by atoms with E-state index in [1.165, 1.54) is 0 Å². The van der Waals surface area contributed by atoms with Crippen LogP contribution in [0.4, 0.5) is 0 Å². The van der Waals surface area contributed by atoms with Crippen LogP contribution in [0.3, 0.4) is 0 Å². The van der Waals surface area contributed by atoms with Gasteiger partial charge in [0.15, 0.2) is 0 Å². The van der Waals surface area contributed by atoms with Gasteiger partial charge in [-0.1, -0.05) is 13.8 Å². The molecule has 0 atom stereocenters. The molecule has 0 aromatic heterocycles. The van der Waals surface area contributed by atoms with Crippen molar-refractivity contribution >= 4 is 0 Å². The zero-order valence-electron chi connectivity index (χ0n) is 21.2. The second-order valence-corrected chi connectivity index (χ2v) is 8.78. The highest BCUT2D eigenvalue weighted by atomic mass is 15.2. The second kappa shape index (κ2) is 23.7. The van der Waals surface area contributed by atoms with Gasteiger partial charge < -0.3 is 38.9 Å². The number of nitrogens with zero attached hydrogens (tertiary/aromatic N) is 3. The topological polar surface area (TPSA) is 150 Å². The predicted octanol–water partition coefficient (Wildman–Crippen LogP) is -2.85. The van der Waals surface area contributed by atoms with Crippen LogP contribution >= 0.6 is 0 Å². The van der Waals surface area contributed by atoms with Gasteiger partial charge >= 0.3 is 0 Å². The van der Waals surface area contributed by atoms with Crippen LogP contribution in [0.15, 0.2) is 0 Å². The van der Waals surface area contributed by atoms with E-state index >= 15 is 0 Å². The Morgan fingerprint density at radius 2 is 0.875 bits per heavy atom. The Bertz CT molecular complexity index is 367. The first-order chi connectivity index (χ1) is 15.6. The number of hydrogen-bond donors (Lipinski definition) is 7. The van der Waals surface area contributed by atoms with E-state index in [0.29, 0.717) is 32.1 Å². The average molecular weight is 461 g/mol. The SMILES string of the molecule is CC(C)CNCCN(CCN(CCN)CCN)CCN(CCN)CCNCCNCCN. The molecular formula is C22H56N10. The van der Waals surface area contributed by atoms with Gasteiger partial charge in [0.25, 0.3) is 0 Å². The summed E-state index contributed by atoms with van der Waals surface area (Å²) >= 11 is 0. The van der Waals surface area contributed by atoms with E-state index in [1.54, 1.807) is 0 Å². The maximum absolute atomic E-state index is 5.87. The molecule has 0 spiro atoms. The van der Waals surface area contributed by atoms with Gasteiger partial charge in [-0.2, -0.15) is 0 Å². The van der Waals surface area contributed by atoms with Gasteiger partial charge in [0.2, 0.25) is 0 Å².